The second-order valence-corrected chi connectivity index (χ2v) is 14.6. The summed E-state index contributed by atoms with van der Waals surface area (Å²) in [6.07, 6.45) is 6.12. The first-order chi connectivity index (χ1) is 29.6. The monoisotopic (exact) mass is 968 g/mol. The molecule has 11 rings (SSSR count). The molecule has 0 bridgehead atoms. The van der Waals surface area contributed by atoms with E-state index in [4.69, 9.17) is 25.0 Å². The van der Waals surface area contributed by atoms with E-state index in [9.17, 15) is 0 Å². The molecule has 0 spiro atoms. The molecule has 0 fully saturated rings. The summed E-state index contributed by atoms with van der Waals surface area (Å²) in [6, 6.07) is 60.6. The van der Waals surface area contributed by atoms with Gasteiger partial charge in [0.05, 0.1) is 0 Å². The molecule has 0 saturated heterocycles. The zero-order chi connectivity index (χ0) is 40.0. The van der Waals surface area contributed by atoms with Gasteiger partial charge in [-0.15, -0.1) is 47.5 Å². The van der Waals surface area contributed by atoms with Crippen LogP contribution in [0.4, 0.5) is 22.7 Å². The smallest absolute Gasteiger partial charge is 0.508 e. The van der Waals surface area contributed by atoms with Crippen molar-refractivity contribution in [2.75, 3.05) is 16.3 Å². The molecule has 2 aliphatic rings. The van der Waals surface area contributed by atoms with Crippen LogP contribution < -0.4 is 14.5 Å². The SMILES string of the molecule is Cc1ccc(N2[CH-]N(c3[c-]c(Oc4[c-]c5c(cc4-c4nc(-c6ccccc6)nc(-c6ccccc6)n4)c4ccccc4n5C4=CC=CC[N-]4)ccc3)c3ccccc32)cc1.[Pt+4]. The predicted molar refractivity (Wildman–Crippen MR) is 241 cm³/mol. The van der Waals surface area contributed by atoms with E-state index in [1.165, 1.54) is 5.56 Å². The number of ether oxygens (including phenoxy) is 1. The zero-order valence-electron chi connectivity index (χ0n) is 32.9. The van der Waals surface area contributed by atoms with Gasteiger partial charge in [-0.2, -0.15) is 12.1 Å². The molecule has 294 valence electrons. The Morgan fingerprint density at radius 3 is 2.00 bits per heavy atom. The second-order valence-electron chi connectivity index (χ2n) is 14.6. The Morgan fingerprint density at radius 2 is 1.30 bits per heavy atom. The molecule has 0 radical (unpaired) electrons. The Hall–Kier alpha value is -7.28. The van der Waals surface area contributed by atoms with E-state index in [-0.39, 0.29) is 21.1 Å². The van der Waals surface area contributed by atoms with Crippen LogP contribution in [0.1, 0.15) is 5.56 Å². The Morgan fingerprint density at radius 1 is 0.639 bits per heavy atom. The van der Waals surface area contributed by atoms with Crippen molar-refractivity contribution < 1.29 is 25.8 Å². The van der Waals surface area contributed by atoms with Gasteiger partial charge in [0, 0.05) is 39.7 Å². The Bertz CT molecular complexity index is 3070. The van der Waals surface area contributed by atoms with Crippen LogP contribution in [0.25, 0.3) is 67.1 Å². The van der Waals surface area contributed by atoms with Crippen LogP contribution in [0.3, 0.4) is 0 Å². The minimum absolute atomic E-state index is 0. The summed E-state index contributed by atoms with van der Waals surface area (Å²) in [5, 5.41) is 6.91. The maximum atomic E-state index is 6.97. The fraction of sp³-hybridized carbons (Fsp3) is 0.0385. The van der Waals surface area contributed by atoms with E-state index >= 15 is 0 Å². The number of para-hydroxylation sites is 3. The van der Waals surface area contributed by atoms with E-state index in [2.05, 4.69) is 113 Å². The largest absolute Gasteiger partial charge is 4.00 e. The van der Waals surface area contributed by atoms with Crippen molar-refractivity contribution in [2.45, 2.75) is 6.92 Å². The summed E-state index contributed by atoms with van der Waals surface area (Å²) in [4.78, 5) is 19.6. The van der Waals surface area contributed by atoms with Gasteiger partial charge >= 0.3 is 21.1 Å². The van der Waals surface area contributed by atoms with Crippen molar-refractivity contribution in [3.63, 3.8) is 0 Å². The molecule has 0 atom stereocenters. The fourth-order valence-electron chi connectivity index (χ4n) is 7.85. The van der Waals surface area contributed by atoms with Gasteiger partial charge in [0.25, 0.3) is 0 Å². The minimum Gasteiger partial charge on any atom is -0.508 e. The second kappa shape index (κ2) is 16.1. The molecule has 7 aromatic carbocycles. The van der Waals surface area contributed by atoms with Crippen molar-refractivity contribution >= 4 is 50.4 Å². The van der Waals surface area contributed by atoms with Crippen molar-refractivity contribution in [2.24, 2.45) is 0 Å². The quantitative estimate of drug-likeness (QED) is 0.141. The van der Waals surface area contributed by atoms with Gasteiger partial charge in [0.15, 0.2) is 11.6 Å². The number of hydrogen-bond donors (Lipinski definition) is 0. The number of rotatable bonds is 8. The van der Waals surface area contributed by atoms with Gasteiger partial charge in [0.1, 0.15) is 5.82 Å². The molecule has 9 aromatic rings. The van der Waals surface area contributed by atoms with Crippen LogP contribution in [-0.2, 0) is 21.1 Å². The third-order valence-electron chi connectivity index (χ3n) is 10.8. The van der Waals surface area contributed by atoms with E-state index < -0.39 is 0 Å². The van der Waals surface area contributed by atoms with Gasteiger partial charge in [0.2, 0.25) is 0 Å². The number of hydrogen-bond acceptors (Lipinski definition) is 6. The minimum atomic E-state index is 0. The molecule has 0 amide bonds. The van der Waals surface area contributed by atoms with Crippen LogP contribution in [-0.4, -0.2) is 26.1 Å². The standard InChI is InChI=1S/C52H35N7O.Pt/c1-35-26-28-38(29-27-35)57-34-58(46-24-11-10-23-45(46)57)39-19-14-20-40(31-39)60-48-33-47-42(41-21-8-9-22-44(41)59(47)49-25-12-13-30-53-49)32-43(48)52-55-50(36-15-4-2-5-16-36)54-51(56-52)37-17-6-3-7-18-37;/h2-29,32,34H,30H2,1H3;/q-4;+4. The van der Waals surface area contributed by atoms with Gasteiger partial charge < -0.3 is 24.4 Å². The number of fused-ring (bicyclic) bond motifs is 4. The third-order valence-corrected chi connectivity index (χ3v) is 10.8. The third kappa shape index (κ3) is 7.05. The van der Waals surface area contributed by atoms with Crippen LogP contribution in [0.2, 0.25) is 0 Å². The van der Waals surface area contributed by atoms with Crippen LogP contribution in [0.15, 0.2) is 176 Å². The first-order valence-corrected chi connectivity index (χ1v) is 19.9. The molecule has 9 heteroatoms. The van der Waals surface area contributed by atoms with Gasteiger partial charge in [-0.3, -0.25) is 0 Å². The van der Waals surface area contributed by atoms with Crippen LogP contribution >= 0.6 is 0 Å². The predicted octanol–water partition coefficient (Wildman–Crippen LogP) is 12.8. The van der Waals surface area contributed by atoms with E-state index in [0.29, 0.717) is 41.1 Å². The summed E-state index contributed by atoms with van der Waals surface area (Å²) in [7, 11) is 0. The Labute approximate surface area is 368 Å². The van der Waals surface area contributed by atoms with E-state index in [1.807, 2.05) is 103 Å². The van der Waals surface area contributed by atoms with E-state index in [0.717, 1.165) is 61.5 Å². The molecule has 0 N–H and O–H groups in total. The topological polar surface area (TPSA) is 73.4 Å². The first kappa shape index (κ1) is 38.0. The number of aromatic nitrogens is 4. The number of benzene rings is 7. The van der Waals surface area contributed by atoms with Crippen molar-refractivity contribution in [1.82, 2.24) is 19.5 Å². The van der Waals surface area contributed by atoms with Crippen LogP contribution in [0.5, 0.6) is 11.5 Å². The van der Waals surface area contributed by atoms with Crippen molar-refractivity contribution in [1.29, 1.82) is 0 Å². The summed E-state index contributed by atoms with van der Waals surface area (Å²) >= 11 is 0. The molecule has 8 nitrogen and oxygen atoms in total. The number of aryl methyl sites for hydroxylation is 1. The van der Waals surface area contributed by atoms with Gasteiger partial charge in [-0.05, 0) is 48.8 Å². The zero-order valence-corrected chi connectivity index (χ0v) is 35.2. The molecule has 2 aliphatic heterocycles. The fourth-order valence-corrected chi connectivity index (χ4v) is 7.85. The Kier molecular flexibility index (Phi) is 9.99. The summed E-state index contributed by atoms with van der Waals surface area (Å²) < 4.78 is 9.12. The molecular formula is C52H35N7OPt. The maximum absolute atomic E-state index is 6.97. The molecule has 2 aromatic heterocycles. The van der Waals surface area contributed by atoms with E-state index in [1.54, 1.807) is 0 Å². The average molecular weight is 969 g/mol. The molecule has 0 unspecified atom stereocenters. The summed E-state index contributed by atoms with van der Waals surface area (Å²) in [6.45, 7) is 4.80. The van der Waals surface area contributed by atoms with Gasteiger partial charge in [-0.1, -0.05) is 144 Å². The normalized spacial score (nSPS) is 13.2. The molecular weight excluding hydrogens is 934 g/mol. The number of anilines is 4. The summed E-state index contributed by atoms with van der Waals surface area (Å²) in [5.74, 6) is 3.36. The Balaban J connectivity index is 0.00000445. The molecule has 4 heterocycles. The molecule has 0 saturated carbocycles. The van der Waals surface area contributed by atoms with Crippen molar-refractivity contribution in [3.05, 3.63) is 206 Å². The summed E-state index contributed by atoms with van der Waals surface area (Å²) in [5.41, 5.74) is 9.48. The molecule has 0 aliphatic carbocycles. The number of nitrogens with zero attached hydrogens (tertiary/aromatic N) is 7. The molecule has 61 heavy (non-hydrogen) atoms. The van der Waals surface area contributed by atoms with Crippen LogP contribution in [0, 0.1) is 25.7 Å². The van der Waals surface area contributed by atoms with Crippen molar-refractivity contribution in [3.8, 4) is 45.7 Å². The number of allylic oxidation sites excluding steroid dienone is 2. The average Bonchev–Trinajstić information content (AvgIpc) is 3.86. The van der Waals surface area contributed by atoms with Gasteiger partial charge in [-0.25, -0.2) is 15.0 Å². The maximum Gasteiger partial charge on any atom is 4.00 e. The first-order valence-electron chi connectivity index (χ1n) is 19.9.